The molecule has 6 nitrogen and oxygen atoms in total. The monoisotopic (exact) mass is 828 g/mol. The smallest absolute Gasteiger partial charge is 0.226 e. The second kappa shape index (κ2) is 16.3. The Bertz CT molecular complexity index is 2460. The summed E-state index contributed by atoms with van der Waals surface area (Å²) in [5.74, 6) is 4.48. The molecule has 0 aliphatic heterocycles. The molecule has 2 aliphatic rings. The highest BCUT2D eigenvalue weighted by Crippen LogP contribution is 2.56. The SMILES string of the molecule is Cc1cc(C2(c3ccc(Oc4cc(Oc5ccc(C6(c7ccc(O)c(C)c7)CC(C)CC(C)(C)C6)cc5C)nc(-c5ccccc5)n4)c(C)c3)CC(C)CC(C)(C)C2)ccc1O. The van der Waals surface area contributed by atoms with Gasteiger partial charge < -0.3 is 19.7 Å². The van der Waals surface area contributed by atoms with Gasteiger partial charge in [0.1, 0.15) is 23.0 Å². The van der Waals surface area contributed by atoms with Crippen molar-refractivity contribution in [2.45, 2.75) is 119 Å². The van der Waals surface area contributed by atoms with E-state index in [0.717, 1.165) is 65.0 Å². The molecule has 0 saturated heterocycles. The largest absolute Gasteiger partial charge is 0.508 e. The lowest BCUT2D eigenvalue weighted by molar-refractivity contribution is 0.126. The quantitative estimate of drug-likeness (QED) is 0.151. The van der Waals surface area contributed by atoms with Crippen LogP contribution in [0.3, 0.4) is 0 Å². The van der Waals surface area contributed by atoms with Crippen molar-refractivity contribution in [3.8, 4) is 46.1 Å². The Morgan fingerprint density at radius 1 is 0.484 bits per heavy atom. The molecule has 1 aromatic heterocycles. The van der Waals surface area contributed by atoms with E-state index in [9.17, 15) is 10.2 Å². The molecule has 5 aromatic carbocycles. The van der Waals surface area contributed by atoms with Gasteiger partial charge in [0.25, 0.3) is 0 Å². The minimum absolute atomic E-state index is 0.148. The molecule has 2 saturated carbocycles. The number of phenols is 2. The number of nitrogens with zero attached hydrogens (tertiary/aromatic N) is 2. The topological polar surface area (TPSA) is 84.7 Å². The number of hydrogen-bond donors (Lipinski definition) is 2. The average molecular weight is 829 g/mol. The van der Waals surface area contributed by atoms with Crippen molar-refractivity contribution < 1.29 is 19.7 Å². The fourth-order valence-electron chi connectivity index (χ4n) is 11.8. The van der Waals surface area contributed by atoms with E-state index in [1.54, 1.807) is 6.07 Å². The van der Waals surface area contributed by atoms with Gasteiger partial charge in [0.2, 0.25) is 11.8 Å². The predicted molar refractivity (Wildman–Crippen MR) is 251 cm³/mol. The Labute approximate surface area is 369 Å². The van der Waals surface area contributed by atoms with E-state index in [4.69, 9.17) is 19.4 Å². The first-order valence-electron chi connectivity index (χ1n) is 22.5. The van der Waals surface area contributed by atoms with Crippen LogP contribution in [0.25, 0.3) is 11.4 Å². The summed E-state index contributed by atoms with van der Waals surface area (Å²) in [5, 5.41) is 21.0. The van der Waals surface area contributed by atoms with Crippen LogP contribution in [0, 0.1) is 50.4 Å². The zero-order chi connectivity index (χ0) is 44.2. The van der Waals surface area contributed by atoms with E-state index in [2.05, 4.69) is 116 Å². The summed E-state index contributed by atoms with van der Waals surface area (Å²) in [6.07, 6.45) is 6.43. The Morgan fingerprint density at radius 3 is 1.24 bits per heavy atom. The van der Waals surface area contributed by atoms with Gasteiger partial charge in [-0.15, -0.1) is 0 Å². The number of aromatic hydroxyl groups is 2. The van der Waals surface area contributed by atoms with Crippen LogP contribution in [0.5, 0.6) is 34.8 Å². The van der Waals surface area contributed by atoms with Crippen LogP contribution >= 0.6 is 0 Å². The zero-order valence-electron chi connectivity index (χ0n) is 38.4. The maximum atomic E-state index is 10.5. The van der Waals surface area contributed by atoms with Crippen molar-refractivity contribution in [1.29, 1.82) is 0 Å². The number of phenolic OH excluding ortho intramolecular Hbond substituents is 2. The van der Waals surface area contributed by atoms with Crippen molar-refractivity contribution in [2.24, 2.45) is 22.7 Å². The Morgan fingerprint density at radius 2 is 0.871 bits per heavy atom. The summed E-state index contributed by atoms with van der Waals surface area (Å²) in [4.78, 5) is 9.84. The van der Waals surface area contributed by atoms with E-state index in [1.165, 1.54) is 35.1 Å². The molecule has 2 fully saturated rings. The summed E-state index contributed by atoms with van der Waals surface area (Å²) in [5.41, 5.74) is 9.58. The first kappa shape index (κ1) is 43.0. The van der Waals surface area contributed by atoms with Crippen LogP contribution in [0.15, 0.2) is 109 Å². The first-order valence-corrected chi connectivity index (χ1v) is 22.5. The summed E-state index contributed by atoms with van der Waals surface area (Å²) >= 11 is 0. The summed E-state index contributed by atoms with van der Waals surface area (Å²) in [6.45, 7) is 22.5. The molecule has 0 radical (unpaired) electrons. The highest BCUT2D eigenvalue weighted by Gasteiger charge is 2.47. The molecule has 4 atom stereocenters. The van der Waals surface area contributed by atoms with Crippen LogP contribution in [0.1, 0.15) is 125 Å². The molecule has 0 amide bonds. The minimum Gasteiger partial charge on any atom is -0.508 e. The summed E-state index contributed by atoms with van der Waals surface area (Å²) in [7, 11) is 0. The number of benzene rings is 5. The molecule has 8 rings (SSSR count). The third-order valence-electron chi connectivity index (χ3n) is 13.9. The van der Waals surface area contributed by atoms with Gasteiger partial charge in [-0.2, -0.15) is 9.97 Å². The Balaban J connectivity index is 1.14. The molecule has 322 valence electrons. The van der Waals surface area contributed by atoms with Crippen molar-refractivity contribution in [3.05, 3.63) is 154 Å². The van der Waals surface area contributed by atoms with E-state index in [0.29, 0.717) is 40.9 Å². The molecular weight excluding hydrogens is 765 g/mol. The Hall–Kier alpha value is -5.62. The number of aromatic nitrogens is 2. The van der Waals surface area contributed by atoms with Gasteiger partial charge in [-0.25, -0.2) is 0 Å². The standard InChI is InChI=1S/C56H64N2O4/c1-35-29-53(7,8)33-55(31-35,42-16-20-46(59)37(3)24-42)44-18-22-48(39(5)26-44)61-50-28-51(58-52(57-50)41-14-12-11-13-15-41)62-49-23-19-45(27-40(49)6)56(32-36(2)30-54(9,10)34-56)43-17-21-47(60)38(4)25-43/h11-28,35-36,59-60H,29-34H2,1-10H3. The van der Waals surface area contributed by atoms with Crippen LogP contribution in [0.4, 0.5) is 0 Å². The van der Waals surface area contributed by atoms with Crippen LogP contribution in [-0.2, 0) is 10.8 Å². The molecule has 6 heteroatoms. The highest BCUT2D eigenvalue weighted by molar-refractivity contribution is 5.57. The number of rotatable bonds is 9. The lowest BCUT2D eigenvalue weighted by atomic mass is 9.55. The van der Waals surface area contributed by atoms with Gasteiger partial charge >= 0.3 is 0 Å². The second-order valence-electron chi connectivity index (χ2n) is 20.8. The number of hydrogen-bond acceptors (Lipinski definition) is 6. The summed E-state index contributed by atoms with van der Waals surface area (Å²) in [6, 6.07) is 37.2. The molecule has 4 unspecified atom stereocenters. The third-order valence-corrected chi connectivity index (χ3v) is 13.9. The second-order valence-corrected chi connectivity index (χ2v) is 20.8. The van der Waals surface area contributed by atoms with E-state index < -0.39 is 0 Å². The van der Waals surface area contributed by atoms with Crippen molar-refractivity contribution in [1.82, 2.24) is 9.97 Å². The molecular formula is C56H64N2O4. The molecule has 6 aromatic rings. The zero-order valence-corrected chi connectivity index (χ0v) is 38.4. The predicted octanol–water partition coefficient (Wildman–Crippen LogP) is 14.6. The third kappa shape index (κ3) is 8.58. The van der Waals surface area contributed by atoms with Crippen molar-refractivity contribution in [2.75, 3.05) is 0 Å². The fourth-order valence-corrected chi connectivity index (χ4v) is 11.8. The summed E-state index contributed by atoms with van der Waals surface area (Å²) < 4.78 is 13.4. The van der Waals surface area contributed by atoms with Crippen molar-refractivity contribution in [3.63, 3.8) is 0 Å². The lowest BCUT2D eigenvalue weighted by Gasteiger charge is -2.49. The van der Waals surface area contributed by atoms with Gasteiger partial charge in [0.15, 0.2) is 5.82 Å². The molecule has 62 heavy (non-hydrogen) atoms. The van der Waals surface area contributed by atoms with Gasteiger partial charge in [-0.1, -0.05) is 120 Å². The Kier molecular flexibility index (Phi) is 11.3. The molecule has 2 N–H and O–H groups in total. The van der Waals surface area contributed by atoms with E-state index in [-0.39, 0.29) is 21.7 Å². The van der Waals surface area contributed by atoms with Gasteiger partial charge in [-0.3, -0.25) is 0 Å². The maximum Gasteiger partial charge on any atom is 0.226 e. The highest BCUT2D eigenvalue weighted by atomic mass is 16.5. The molecule has 2 aliphatic carbocycles. The lowest BCUT2D eigenvalue weighted by Crippen LogP contribution is -2.41. The molecule has 1 heterocycles. The van der Waals surface area contributed by atoms with E-state index >= 15 is 0 Å². The molecule has 0 spiro atoms. The maximum absolute atomic E-state index is 10.5. The van der Waals surface area contributed by atoms with Crippen LogP contribution in [0.2, 0.25) is 0 Å². The van der Waals surface area contributed by atoms with Gasteiger partial charge in [0, 0.05) is 16.4 Å². The minimum atomic E-state index is -0.208. The number of ether oxygens (including phenoxy) is 2. The molecule has 0 bridgehead atoms. The number of aryl methyl sites for hydroxylation is 4. The fraction of sp³-hybridized carbons (Fsp3) is 0.393. The van der Waals surface area contributed by atoms with Crippen LogP contribution in [-0.4, -0.2) is 20.2 Å². The normalized spacial score (nSPS) is 23.1. The average Bonchev–Trinajstić information content (AvgIpc) is 3.20. The van der Waals surface area contributed by atoms with Gasteiger partial charge in [0.05, 0.1) is 6.07 Å². The van der Waals surface area contributed by atoms with E-state index in [1.807, 2.05) is 56.3 Å². The van der Waals surface area contributed by atoms with Crippen LogP contribution < -0.4 is 9.47 Å². The first-order chi connectivity index (χ1) is 29.3. The van der Waals surface area contributed by atoms with Gasteiger partial charge in [-0.05, 0) is 158 Å². The van der Waals surface area contributed by atoms with Crippen molar-refractivity contribution >= 4 is 0 Å².